The quantitative estimate of drug-likeness (QED) is 0.869. The van der Waals surface area contributed by atoms with Crippen molar-refractivity contribution in [1.82, 2.24) is 10.2 Å². The van der Waals surface area contributed by atoms with Crippen molar-refractivity contribution in [3.05, 3.63) is 48.0 Å². The van der Waals surface area contributed by atoms with E-state index in [1.807, 2.05) is 25.7 Å². The van der Waals surface area contributed by atoms with Crippen LogP contribution in [0.3, 0.4) is 0 Å². The highest BCUT2D eigenvalue weighted by molar-refractivity contribution is 5.86. The van der Waals surface area contributed by atoms with Crippen molar-refractivity contribution in [3.8, 4) is 0 Å². The minimum absolute atomic E-state index is 0.154. The Bertz CT molecular complexity index is 782. The number of hydrogen-bond acceptors (Lipinski definition) is 3. The lowest BCUT2D eigenvalue weighted by molar-refractivity contribution is -0.0851. The van der Waals surface area contributed by atoms with Gasteiger partial charge >= 0.3 is 6.09 Å². The summed E-state index contributed by atoms with van der Waals surface area (Å²) in [6, 6.07) is 15.3. The molecule has 0 radical (unpaired) electrons. The molecule has 2 aromatic carbocycles. The largest absolute Gasteiger partial charge is 0.444 e. The van der Waals surface area contributed by atoms with Gasteiger partial charge in [0.1, 0.15) is 5.60 Å². The van der Waals surface area contributed by atoms with E-state index in [0.717, 1.165) is 19.6 Å². The fourth-order valence-electron chi connectivity index (χ4n) is 3.90. The van der Waals surface area contributed by atoms with Crippen molar-refractivity contribution >= 4 is 16.9 Å². The number of nitrogens with zero attached hydrogens (tertiary/aromatic N) is 1. The van der Waals surface area contributed by atoms with E-state index in [1.165, 1.54) is 16.3 Å². The molecule has 2 heterocycles. The van der Waals surface area contributed by atoms with Crippen molar-refractivity contribution in [1.29, 1.82) is 0 Å². The summed E-state index contributed by atoms with van der Waals surface area (Å²) in [6.07, 6.45) is -0.198. The van der Waals surface area contributed by atoms with Gasteiger partial charge < -0.3 is 15.0 Å². The summed E-state index contributed by atoms with van der Waals surface area (Å²) >= 11 is 0. The number of nitrogens with one attached hydrogen (secondary N) is 1. The van der Waals surface area contributed by atoms with Gasteiger partial charge in [0.25, 0.3) is 0 Å². The summed E-state index contributed by atoms with van der Waals surface area (Å²) in [7, 11) is 0. The molecule has 0 aromatic heterocycles. The Hall–Kier alpha value is -2.07. The zero-order chi connectivity index (χ0) is 16.9. The Kier molecular flexibility index (Phi) is 3.36. The summed E-state index contributed by atoms with van der Waals surface area (Å²) < 4.78 is 5.48. The predicted molar refractivity (Wildman–Crippen MR) is 94.9 cm³/mol. The molecule has 1 unspecified atom stereocenters. The van der Waals surface area contributed by atoms with Gasteiger partial charge in [0.05, 0.1) is 0 Å². The lowest BCUT2D eigenvalue weighted by Gasteiger charge is -2.60. The molecule has 1 N–H and O–H groups in total. The molecule has 1 atom stereocenters. The first kappa shape index (κ1) is 15.5. The minimum atomic E-state index is -0.438. The lowest BCUT2D eigenvalue weighted by Crippen LogP contribution is -2.73. The second-order valence-electron chi connectivity index (χ2n) is 8.08. The highest BCUT2D eigenvalue weighted by Crippen LogP contribution is 2.49. The molecule has 4 rings (SSSR count). The third-order valence-corrected chi connectivity index (χ3v) is 5.07. The van der Waals surface area contributed by atoms with E-state index in [9.17, 15) is 4.79 Å². The first-order valence-electron chi connectivity index (χ1n) is 8.57. The van der Waals surface area contributed by atoms with Gasteiger partial charge in [-0.2, -0.15) is 0 Å². The number of rotatable bonds is 1. The second-order valence-corrected chi connectivity index (χ2v) is 8.08. The summed E-state index contributed by atoms with van der Waals surface area (Å²) in [4.78, 5) is 14.0. The number of fused-ring (bicyclic) bond motifs is 1. The van der Waals surface area contributed by atoms with Gasteiger partial charge in [-0.3, -0.25) is 0 Å². The minimum Gasteiger partial charge on any atom is -0.444 e. The average molecular weight is 324 g/mol. The van der Waals surface area contributed by atoms with Crippen LogP contribution >= 0.6 is 0 Å². The number of benzene rings is 2. The van der Waals surface area contributed by atoms with Crippen molar-refractivity contribution in [2.75, 3.05) is 19.6 Å². The molecule has 0 bridgehead atoms. The van der Waals surface area contributed by atoms with Crippen LogP contribution in [-0.4, -0.2) is 36.2 Å². The van der Waals surface area contributed by atoms with Crippen LogP contribution in [0.5, 0.6) is 0 Å². The third kappa shape index (κ3) is 2.46. The molecule has 0 aliphatic carbocycles. The summed E-state index contributed by atoms with van der Waals surface area (Å²) in [6.45, 7) is 8.21. The van der Waals surface area contributed by atoms with Gasteiger partial charge in [-0.05, 0) is 37.1 Å². The Labute approximate surface area is 142 Å². The van der Waals surface area contributed by atoms with Gasteiger partial charge in [0, 0.05) is 31.1 Å². The smallest absolute Gasteiger partial charge is 0.410 e. The van der Waals surface area contributed by atoms with Crippen LogP contribution in [0.2, 0.25) is 0 Å². The molecule has 0 saturated carbocycles. The fourth-order valence-corrected chi connectivity index (χ4v) is 3.90. The maximum Gasteiger partial charge on any atom is 0.410 e. The first-order chi connectivity index (χ1) is 11.4. The molecule has 2 fully saturated rings. The number of amides is 1. The molecular formula is C20H24N2O2. The molecule has 24 heavy (non-hydrogen) atoms. The van der Waals surface area contributed by atoms with Crippen molar-refractivity contribution < 1.29 is 9.53 Å². The van der Waals surface area contributed by atoms with Gasteiger partial charge in [-0.1, -0.05) is 42.5 Å². The standard InChI is InChI=1S/C20H24N2O2/c1-19(2,3)24-18(23)22-12-20(13-22)11-21-17(20)16-10-6-8-14-7-4-5-9-15(14)16/h4-10,17,21H,11-13H2,1-3H3. The number of carbonyl (C=O) groups is 1. The highest BCUT2D eigenvalue weighted by atomic mass is 16.6. The molecule has 2 aromatic rings. The van der Waals surface area contributed by atoms with Crippen molar-refractivity contribution in [2.24, 2.45) is 5.41 Å². The number of ether oxygens (including phenoxy) is 1. The Balaban J connectivity index is 1.52. The maximum atomic E-state index is 12.2. The molecular weight excluding hydrogens is 300 g/mol. The van der Waals surface area contributed by atoms with Crippen LogP contribution in [0.25, 0.3) is 10.8 Å². The molecule has 1 spiro atoms. The van der Waals surface area contributed by atoms with Crippen LogP contribution in [0.1, 0.15) is 32.4 Å². The van der Waals surface area contributed by atoms with E-state index in [0.29, 0.717) is 6.04 Å². The van der Waals surface area contributed by atoms with Crippen LogP contribution in [0.4, 0.5) is 4.79 Å². The summed E-state index contributed by atoms with van der Waals surface area (Å²) in [5.74, 6) is 0. The molecule has 2 aliphatic heterocycles. The zero-order valence-electron chi connectivity index (χ0n) is 14.5. The molecule has 126 valence electrons. The number of likely N-dealkylation sites (tertiary alicyclic amines) is 1. The van der Waals surface area contributed by atoms with E-state index in [4.69, 9.17) is 4.74 Å². The number of carbonyl (C=O) groups excluding carboxylic acids is 1. The van der Waals surface area contributed by atoms with Crippen molar-refractivity contribution in [2.45, 2.75) is 32.4 Å². The monoisotopic (exact) mass is 324 g/mol. The summed E-state index contributed by atoms with van der Waals surface area (Å²) in [5.41, 5.74) is 1.05. The molecule has 2 aliphatic rings. The van der Waals surface area contributed by atoms with Gasteiger partial charge in [-0.15, -0.1) is 0 Å². The normalized spacial score (nSPS) is 22.1. The Morgan fingerprint density at radius 2 is 1.88 bits per heavy atom. The third-order valence-electron chi connectivity index (χ3n) is 5.07. The summed E-state index contributed by atoms with van der Waals surface area (Å²) in [5, 5.41) is 6.14. The van der Waals surface area contributed by atoms with Crippen LogP contribution in [-0.2, 0) is 4.74 Å². The highest BCUT2D eigenvalue weighted by Gasteiger charge is 2.57. The van der Waals surface area contributed by atoms with E-state index >= 15 is 0 Å². The van der Waals surface area contributed by atoms with E-state index in [2.05, 4.69) is 47.8 Å². The Morgan fingerprint density at radius 3 is 2.54 bits per heavy atom. The SMILES string of the molecule is CC(C)(C)OC(=O)N1CC2(CNC2c2cccc3ccccc23)C1. The van der Waals surface area contributed by atoms with E-state index in [-0.39, 0.29) is 11.5 Å². The maximum absolute atomic E-state index is 12.2. The predicted octanol–water partition coefficient (Wildman–Crippen LogP) is 3.72. The molecule has 4 heteroatoms. The van der Waals surface area contributed by atoms with Crippen LogP contribution in [0, 0.1) is 5.41 Å². The lowest BCUT2D eigenvalue weighted by atomic mass is 9.65. The topological polar surface area (TPSA) is 41.6 Å². The Morgan fingerprint density at radius 1 is 1.17 bits per heavy atom. The van der Waals surface area contributed by atoms with E-state index in [1.54, 1.807) is 0 Å². The van der Waals surface area contributed by atoms with Crippen molar-refractivity contribution in [3.63, 3.8) is 0 Å². The molecule has 1 amide bonds. The zero-order valence-corrected chi connectivity index (χ0v) is 14.5. The van der Waals surface area contributed by atoms with Gasteiger partial charge in [0.15, 0.2) is 0 Å². The first-order valence-corrected chi connectivity index (χ1v) is 8.57. The number of hydrogen-bond donors (Lipinski definition) is 1. The average Bonchev–Trinajstić information content (AvgIpc) is 2.43. The van der Waals surface area contributed by atoms with Crippen LogP contribution in [0.15, 0.2) is 42.5 Å². The van der Waals surface area contributed by atoms with Crippen LogP contribution < -0.4 is 5.32 Å². The molecule has 2 saturated heterocycles. The second kappa shape index (κ2) is 5.21. The van der Waals surface area contributed by atoms with Gasteiger partial charge in [0.2, 0.25) is 0 Å². The fraction of sp³-hybridized carbons (Fsp3) is 0.450. The molecule has 4 nitrogen and oxygen atoms in total. The van der Waals surface area contributed by atoms with E-state index < -0.39 is 5.60 Å². The van der Waals surface area contributed by atoms with Gasteiger partial charge in [-0.25, -0.2) is 4.79 Å².